The molecule has 5 amide bonds. The first-order valence-electron chi connectivity index (χ1n) is 14.1. The third kappa shape index (κ3) is 8.40. The summed E-state index contributed by atoms with van der Waals surface area (Å²) in [5, 5.41) is 11.0. The van der Waals surface area contributed by atoms with Crippen molar-refractivity contribution in [2.45, 2.75) is 18.2 Å². The van der Waals surface area contributed by atoms with Crippen LogP contribution in [0.4, 0.5) is 17.1 Å². The van der Waals surface area contributed by atoms with Gasteiger partial charge in [-0.05, 0) is 48.9 Å². The van der Waals surface area contributed by atoms with Crippen molar-refractivity contribution in [1.29, 1.82) is 0 Å². The molecule has 46 heavy (non-hydrogen) atoms. The maximum Gasteiger partial charge on any atom is 0.272 e. The smallest absolute Gasteiger partial charge is 0.272 e. The van der Waals surface area contributed by atoms with Gasteiger partial charge in [0.15, 0.2) is 0 Å². The molecule has 1 aromatic carbocycles. The molecule has 0 saturated heterocycles. The Hall–Kier alpha value is -4.95. The van der Waals surface area contributed by atoms with E-state index < -0.39 is 23.6 Å². The number of aromatic nitrogens is 3. The summed E-state index contributed by atoms with van der Waals surface area (Å²) in [4.78, 5) is 63.5. The van der Waals surface area contributed by atoms with Gasteiger partial charge in [-0.2, -0.15) is 0 Å². The summed E-state index contributed by atoms with van der Waals surface area (Å²) in [6.07, 6.45) is 4.83. The van der Waals surface area contributed by atoms with Crippen LogP contribution in [0.5, 0.6) is 0 Å². The van der Waals surface area contributed by atoms with Gasteiger partial charge >= 0.3 is 0 Å². The van der Waals surface area contributed by atoms with E-state index in [4.69, 9.17) is 17.3 Å². The van der Waals surface area contributed by atoms with E-state index in [1.54, 1.807) is 77.3 Å². The van der Waals surface area contributed by atoms with E-state index >= 15 is 0 Å². The summed E-state index contributed by atoms with van der Waals surface area (Å²) < 4.78 is 4.70. The number of primary amides is 1. The molecule has 0 bridgehead atoms. The third-order valence-electron chi connectivity index (χ3n) is 6.92. The minimum absolute atomic E-state index is 0.0123. The number of nitrogens with one attached hydrogen (secondary N) is 4. The Morgan fingerprint density at radius 1 is 0.739 bits per heavy atom. The summed E-state index contributed by atoms with van der Waals surface area (Å²) >= 11 is 7.41. The zero-order valence-electron chi connectivity index (χ0n) is 25.8. The molecule has 4 aromatic rings. The van der Waals surface area contributed by atoms with E-state index in [0.717, 1.165) is 16.2 Å². The molecule has 0 aliphatic rings. The lowest BCUT2D eigenvalue weighted by Gasteiger charge is -2.08. The minimum Gasteiger partial charge on any atom is -0.370 e. The van der Waals surface area contributed by atoms with Crippen LogP contribution < -0.4 is 27.0 Å². The molecule has 3 aromatic heterocycles. The SMILES string of the molecule is Cc1cc(C(=O)Nc2cc(C(=O)Nc3cc(C(=O)Nc4cc(C(=O)NCCC(N)=O)n(C)c4)n(C)c3)n(C)c2)ccc1SCCCl. The number of anilines is 3. The Morgan fingerprint density at radius 3 is 1.67 bits per heavy atom. The molecule has 0 spiro atoms. The zero-order chi connectivity index (χ0) is 33.5. The van der Waals surface area contributed by atoms with Crippen LogP contribution in [-0.2, 0) is 25.9 Å². The van der Waals surface area contributed by atoms with Gasteiger partial charge in [-0.3, -0.25) is 24.0 Å². The molecule has 0 aliphatic carbocycles. The number of amides is 5. The lowest BCUT2D eigenvalue weighted by molar-refractivity contribution is -0.117. The molecule has 4 rings (SSSR count). The average Bonchev–Trinajstić information content (AvgIpc) is 3.67. The number of nitrogens with two attached hydrogens (primary N) is 1. The number of hydrogen-bond acceptors (Lipinski definition) is 6. The quantitative estimate of drug-likeness (QED) is 0.107. The first kappa shape index (κ1) is 33.9. The van der Waals surface area contributed by atoms with Gasteiger partial charge in [0.1, 0.15) is 17.1 Å². The normalized spacial score (nSPS) is 10.8. The summed E-state index contributed by atoms with van der Waals surface area (Å²) in [6.45, 7) is 2.04. The molecule has 3 heterocycles. The Morgan fingerprint density at radius 2 is 1.22 bits per heavy atom. The highest BCUT2D eigenvalue weighted by Gasteiger charge is 2.19. The van der Waals surface area contributed by atoms with Gasteiger partial charge in [0, 0.05) is 74.8 Å². The van der Waals surface area contributed by atoms with Crippen LogP contribution in [0, 0.1) is 6.92 Å². The second-order valence-corrected chi connectivity index (χ2v) is 12.0. The molecule has 6 N–H and O–H groups in total. The van der Waals surface area contributed by atoms with Crippen LogP contribution in [0.1, 0.15) is 53.8 Å². The predicted molar refractivity (Wildman–Crippen MR) is 179 cm³/mol. The van der Waals surface area contributed by atoms with Crippen molar-refractivity contribution in [3.05, 3.63) is 83.2 Å². The number of thioether (sulfide) groups is 1. The van der Waals surface area contributed by atoms with Crippen molar-refractivity contribution in [2.75, 3.05) is 34.1 Å². The van der Waals surface area contributed by atoms with Crippen molar-refractivity contribution >= 4 is 70.0 Å². The van der Waals surface area contributed by atoms with Gasteiger partial charge in [-0.25, -0.2) is 0 Å². The van der Waals surface area contributed by atoms with E-state index in [0.29, 0.717) is 34.2 Å². The van der Waals surface area contributed by atoms with E-state index in [-0.39, 0.29) is 30.3 Å². The topological polar surface area (TPSA) is 174 Å². The number of rotatable bonds is 13. The van der Waals surface area contributed by atoms with Crippen molar-refractivity contribution in [1.82, 2.24) is 19.0 Å². The number of hydrogen-bond donors (Lipinski definition) is 5. The summed E-state index contributed by atoms with van der Waals surface area (Å²) in [6, 6.07) is 10.1. The van der Waals surface area contributed by atoms with Gasteiger partial charge in [-0.15, -0.1) is 23.4 Å². The van der Waals surface area contributed by atoms with Gasteiger partial charge in [0.25, 0.3) is 23.6 Å². The van der Waals surface area contributed by atoms with Crippen LogP contribution in [-0.4, -0.2) is 61.4 Å². The summed E-state index contributed by atoms with van der Waals surface area (Å²) in [7, 11) is 5.00. The Bertz CT molecular complexity index is 1810. The van der Waals surface area contributed by atoms with Crippen molar-refractivity contribution < 1.29 is 24.0 Å². The zero-order valence-corrected chi connectivity index (χ0v) is 27.3. The van der Waals surface area contributed by atoms with E-state index in [1.807, 2.05) is 19.1 Å². The van der Waals surface area contributed by atoms with Crippen LogP contribution in [0.25, 0.3) is 0 Å². The second-order valence-electron chi connectivity index (χ2n) is 10.5. The standard InChI is InChI=1S/C31H35ClN8O5S/c1-18-11-19(5-6-26(18)46-10-8-32)28(42)35-20-13-24(39(3)15-20)30(44)37-22-14-25(40(4)17-22)31(45)36-21-12-23(38(2)16-21)29(43)34-9-7-27(33)41/h5-6,11-17H,7-10H2,1-4H3,(H2,33,41)(H,34,43)(H,35,42)(H,36,45)(H,37,44). The number of alkyl halides is 1. The summed E-state index contributed by atoms with van der Waals surface area (Å²) in [5.74, 6) is -0.829. The number of aryl methyl sites for hydroxylation is 4. The Balaban J connectivity index is 1.38. The number of carbonyl (C=O) groups is 5. The molecule has 15 heteroatoms. The number of benzene rings is 1. The highest BCUT2D eigenvalue weighted by molar-refractivity contribution is 7.99. The summed E-state index contributed by atoms with van der Waals surface area (Å²) in [5.41, 5.74) is 8.62. The first-order valence-corrected chi connectivity index (χ1v) is 15.7. The highest BCUT2D eigenvalue weighted by Crippen LogP contribution is 2.24. The predicted octanol–water partition coefficient (Wildman–Crippen LogP) is 3.70. The lowest BCUT2D eigenvalue weighted by Crippen LogP contribution is -2.29. The minimum atomic E-state index is -0.526. The molecule has 0 saturated carbocycles. The third-order valence-corrected chi connectivity index (χ3v) is 8.51. The van der Waals surface area contributed by atoms with Crippen molar-refractivity contribution in [3.8, 4) is 0 Å². The largest absolute Gasteiger partial charge is 0.370 e. The molecule has 13 nitrogen and oxygen atoms in total. The van der Waals surface area contributed by atoms with Gasteiger partial charge < -0.3 is 40.7 Å². The van der Waals surface area contributed by atoms with Crippen LogP contribution in [0.3, 0.4) is 0 Å². The Kier molecular flexibility index (Phi) is 11.0. The maximum absolute atomic E-state index is 13.1. The molecule has 0 unspecified atom stereocenters. The molecule has 0 radical (unpaired) electrons. The lowest BCUT2D eigenvalue weighted by atomic mass is 10.1. The Labute approximate surface area is 274 Å². The molecule has 0 aliphatic heterocycles. The number of nitrogens with zero attached hydrogens (tertiary/aromatic N) is 3. The molecular formula is C31H35ClN8O5S. The fraction of sp³-hybridized carbons (Fsp3) is 0.258. The highest BCUT2D eigenvalue weighted by atomic mass is 35.5. The second kappa shape index (κ2) is 14.9. The van der Waals surface area contributed by atoms with Gasteiger partial charge in [0.05, 0.1) is 17.1 Å². The van der Waals surface area contributed by atoms with Crippen LogP contribution in [0.2, 0.25) is 0 Å². The average molecular weight is 667 g/mol. The van der Waals surface area contributed by atoms with Crippen molar-refractivity contribution in [2.24, 2.45) is 26.9 Å². The van der Waals surface area contributed by atoms with E-state index in [2.05, 4.69) is 21.3 Å². The molecule has 242 valence electrons. The maximum atomic E-state index is 13.1. The first-order chi connectivity index (χ1) is 21.9. The van der Waals surface area contributed by atoms with Crippen LogP contribution >= 0.6 is 23.4 Å². The van der Waals surface area contributed by atoms with E-state index in [1.165, 1.54) is 12.1 Å². The fourth-order valence-corrected chi connectivity index (χ4v) is 5.64. The van der Waals surface area contributed by atoms with E-state index in [9.17, 15) is 24.0 Å². The van der Waals surface area contributed by atoms with Gasteiger partial charge in [-0.1, -0.05) is 0 Å². The molecule has 0 fully saturated rings. The fourth-order valence-electron chi connectivity index (χ4n) is 4.66. The van der Waals surface area contributed by atoms with Crippen LogP contribution in [0.15, 0.2) is 59.9 Å². The number of halogens is 1. The van der Waals surface area contributed by atoms with Crippen molar-refractivity contribution in [3.63, 3.8) is 0 Å². The molecular weight excluding hydrogens is 632 g/mol. The monoisotopic (exact) mass is 666 g/mol. The molecule has 0 atom stereocenters. The van der Waals surface area contributed by atoms with Gasteiger partial charge in [0.2, 0.25) is 5.91 Å². The number of carbonyl (C=O) groups excluding carboxylic acids is 5.